The molecule has 0 saturated carbocycles. The highest BCUT2D eigenvalue weighted by Crippen LogP contribution is 2.09. The summed E-state index contributed by atoms with van der Waals surface area (Å²) in [5, 5.41) is 11.6. The third-order valence-electron chi connectivity index (χ3n) is 1.97. The first-order chi connectivity index (χ1) is 8.25. The molecule has 0 radical (unpaired) electrons. The molecule has 2 rings (SSSR count). The highest BCUT2D eigenvalue weighted by molar-refractivity contribution is 6.04. The fourth-order valence-corrected chi connectivity index (χ4v) is 1.20. The molecular formula is C11H9FN4O. The molecule has 0 unspecified atom stereocenters. The summed E-state index contributed by atoms with van der Waals surface area (Å²) >= 11 is 0. The minimum absolute atomic E-state index is 0.173. The van der Waals surface area contributed by atoms with Crippen molar-refractivity contribution in [3.8, 4) is 0 Å². The van der Waals surface area contributed by atoms with Gasteiger partial charge in [-0.1, -0.05) is 30.3 Å². The van der Waals surface area contributed by atoms with E-state index in [0.29, 0.717) is 5.56 Å². The summed E-state index contributed by atoms with van der Waals surface area (Å²) < 4.78 is 13.5. The molecule has 0 aliphatic heterocycles. The topological polar surface area (TPSA) is 70.7 Å². The molecule has 17 heavy (non-hydrogen) atoms. The van der Waals surface area contributed by atoms with Gasteiger partial charge in [0.25, 0.3) is 5.91 Å². The number of carbonyl (C=O) groups excluding carboxylic acids is 1. The lowest BCUT2D eigenvalue weighted by atomic mass is 10.2. The lowest BCUT2D eigenvalue weighted by molar-refractivity contribution is -0.114. The Hall–Kier alpha value is -2.50. The Kier molecular flexibility index (Phi) is 3.25. The number of halogens is 1. The van der Waals surface area contributed by atoms with Crippen LogP contribution in [0.15, 0.2) is 42.4 Å². The number of aromatic amines is 1. The van der Waals surface area contributed by atoms with Gasteiger partial charge in [0.15, 0.2) is 11.6 Å². The largest absolute Gasteiger partial charge is 0.302 e. The molecular weight excluding hydrogens is 223 g/mol. The SMILES string of the molecule is O=C(Nc1cn[nH]n1)C(F)=Cc1ccccc1. The number of nitrogens with one attached hydrogen (secondary N) is 2. The maximum Gasteiger partial charge on any atom is 0.285 e. The highest BCUT2D eigenvalue weighted by Gasteiger charge is 2.10. The predicted molar refractivity (Wildman–Crippen MR) is 60.5 cm³/mol. The van der Waals surface area contributed by atoms with Crippen molar-refractivity contribution in [1.82, 2.24) is 15.4 Å². The number of aromatic nitrogens is 3. The monoisotopic (exact) mass is 232 g/mol. The molecule has 1 aromatic carbocycles. The van der Waals surface area contributed by atoms with Gasteiger partial charge in [-0.2, -0.15) is 10.3 Å². The van der Waals surface area contributed by atoms with Crippen LogP contribution in [0.1, 0.15) is 5.56 Å². The number of hydrogen-bond donors (Lipinski definition) is 2. The lowest BCUT2D eigenvalue weighted by Crippen LogP contribution is -2.12. The van der Waals surface area contributed by atoms with Crippen LogP contribution in [0.4, 0.5) is 10.2 Å². The van der Waals surface area contributed by atoms with Crippen LogP contribution in [-0.2, 0) is 4.79 Å². The Morgan fingerprint density at radius 2 is 2.12 bits per heavy atom. The van der Waals surface area contributed by atoms with Crippen LogP contribution in [0.5, 0.6) is 0 Å². The van der Waals surface area contributed by atoms with E-state index < -0.39 is 11.7 Å². The Labute approximate surface area is 96.4 Å². The average molecular weight is 232 g/mol. The summed E-state index contributed by atoms with van der Waals surface area (Å²) in [5.41, 5.74) is 0.611. The number of hydrogen-bond acceptors (Lipinski definition) is 3. The van der Waals surface area contributed by atoms with Crippen molar-refractivity contribution in [2.24, 2.45) is 0 Å². The maximum atomic E-state index is 13.5. The number of amides is 1. The van der Waals surface area contributed by atoms with Crippen LogP contribution in [0.25, 0.3) is 6.08 Å². The van der Waals surface area contributed by atoms with Gasteiger partial charge in [0, 0.05) is 0 Å². The molecule has 86 valence electrons. The molecule has 0 saturated heterocycles. The van der Waals surface area contributed by atoms with Gasteiger partial charge in [-0.25, -0.2) is 4.39 Å². The number of H-pyrrole nitrogens is 1. The van der Waals surface area contributed by atoms with Gasteiger partial charge in [-0.15, -0.1) is 5.10 Å². The van der Waals surface area contributed by atoms with Crippen molar-refractivity contribution in [1.29, 1.82) is 0 Å². The Balaban J connectivity index is 2.07. The molecule has 2 N–H and O–H groups in total. The van der Waals surface area contributed by atoms with Gasteiger partial charge in [0.05, 0.1) is 6.20 Å². The van der Waals surface area contributed by atoms with Gasteiger partial charge in [-0.3, -0.25) is 4.79 Å². The number of carbonyl (C=O) groups is 1. The van der Waals surface area contributed by atoms with Crippen LogP contribution < -0.4 is 5.32 Å². The first-order valence-electron chi connectivity index (χ1n) is 4.85. The summed E-state index contributed by atoms with van der Waals surface area (Å²) in [6.45, 7) is 0. The first kappa shape index (κ1) is 11.0. The third kappa shape index (κ3) is 2.97. The fourth-order valence-electron chi connectivity index (χ4n) is 1.20. The van der Waals surface area contributed by atoms with E-state index in [4.69, 9.17) is 0 Å². The summed E-state index contributed by atoms with van der Waals surface area (Å²) in [6.07, 6.45) is 2.43. The Morgan fingerprint density at radius 1 is 1.35 bits per heavy atom. The predicted octanol–water partition coefficient (Wildman–Crippen LogP) is 1.75. The van der Waals surface area contributed by atoms with Crippen molar-refractivity contribution in [3.63, 3.8) is 0 Å². The number of benzene rings is 1. The summed E-state index contributed by atoms with van der Waals surface area (Å²) in [4.78, 5) is 11.4. The molecule has 0 bridgehead atoms. The third-order valence-corrected chi connectivity index (χ3v) is 1.97. The molecule has 0 atom stereocenters. The van der Waals surface area contributed by atoms with Crippen LogP contribution in [-0.4, -0.2) is 21.3 Å². The molecule has 5 nitrogen and oxygen atoms in total. The second kappa shape index (κ2) is 5.02. The van der Waals surface area contributed by atoms with Crippen LogP contribution in [0.3, 0.4) is 0 Å². The number of nitrogens with zero attached hydrogens (tertiary/aromatic N) is 2. The summed E-state index contributed by atoms with van der Waals surface area (Å²) in [5.74, 6) is -1.58. The standard InChI is InChI=1S/C11H9FN4O/c12-9(6-8-4-2-1-3-5-8)11(17)14-10-7-13-16-15-10/h1-7H,(H2,13,14,15,16,17). The number of rotatable bonds is 3. The number of anilines is 1. The van der Waals surface area contributed by atoms with Crippen LogP contribution in [0, 0.1) is 0 Å². The summed E-state index contributed by atoms with van der Waals surface area (Å²) in [7, 11) is 0. The van der Waals surface area contributed by atoms with E-state index in [1.165, 1.54) is 6.20 Å². The van der Waals surface area contributed by atoms with E-state index in [1.807, 2.05) is 6.07 Å². The van der Waals surface area contributed by atoms with E-state index >= 15 is 0 Å². The van der Waals surface area contributed by atoms with E-state index in [0.717, 1.165) is 6.08 Å². The molecule has 0 spiro atoms. The smallest absolute Gasteiger partial charge is 0.285 e. The normalized spacial score (nSPS) is 11.2. The molecule has 2 aromatic rings. The summed E-state index contributed by atoms with van der Waals surface area (Å²) in [6, 6.07) is 8.72. The molecule has 1 amide bonds. The van der Waals surface area contributed by atoms with Crippen molar-refractivity contribution in [3.05, 3.63) is 47.9 Å². The van der Waals surface area contributed by atoms with E-state index in [9.17, 15) is 9.18 Å². The second-order valence-electron chi connectivity index (χ2n) is 3.21. The van der Waals surface area contributed by atoms with E-state index in [1.54, 1.807) is 24.3 Å². The van der Waals surface area contributed by atoms with Crippen molar-refractivity contribution < 1.29 is 9.18 Å². The quantitative estimate of drug-likeness (QED) is 0.792. The molecule has 1 aromatic heterocycles. The average Bonchev–Trinajstić information content (AvgIpc) is 2.83. The van der Waals surface area contributed by atoms with Crippen molar-refractivity contribution in [2.75, 3.05) is 5.32 Å². The Morgan fingerprint density at radius 3 is 2.76 bits per heavy atom. The zero-order chi connectivity index (χ0) is 12.1. The zero-order valence-electron chi connectivity index (χ0n) is 8.72. The highest BCUT2D eigenvalue weighted by atomic mass is 19.1. The molecule has 1 heterocycles. The van der Waals surface area contributed by atoms with E-state index in [2.05, 4.69) is 20.7 Å². The van der Waals surface area contributed by atoms with Crippen LogP contribution in [0.2, 0.25) is 0 Å². The Bertz CT molecular complexity index is 522. The van der Waals surface area contributed by atoms with Gasteiger partial charge >= 0.3 is 0 Å². The molecule has 0 aliphatic rings. The lowest BCUT2D eigenvalue weighted by Gasteiger charge is -1.98. The van der Waals surface area contributed by atoms with Gasteiger partial charge in [0.2, 0.25) is 0 Å². The van der Waals surface area contributed by atoms with Gasteiger partial charge < -0.3 is 5.32 Å². The minimum Gasteiger partial charge on any atom is -0.302 e. The van der Waals surface area contributed by atoms with Crippen molar-refractivity contribution >= 4 is 17.8 Å². The maximum absolute atomic E-state index is 13.5. The second-order valence-corrected chi connectivity index (χ2v) is 3.21. The zero-order valence-corrected chi connectivity index (χ0v) is 8.72. The van der Waals surface area contributed by atoms with Crippen LogP contribution >= 0.6 is 0 Å². The molecule has 6 heteroatoms. The minimum atomic E-state index is -0.890. The van der Waals surface area contributed by atoms with Crippen molar-refractivity contribution in [2.45, 2.75) is 0 Å². The fraction of sp³-hybridized carbons (Fsp3) is 0. The van der Waals surface area contributed by atoms with E-state index in [-0.39, 0.29) is 5.82 Å². The first-order valence-corrected chi connectivity index (χ1v) is 4.85. The molecule has 0 fully saturated rings. The van der Waals surface area contributed by atoms with Gasteiger partial charge in [0.1, 0.15) is 0 Å². The van der Waals surface area contributed by atoms with Gasteiger partial charge in [-0.05, 0) is 11.6 Å². The molecule has 0 aliphatic carbocycles.